The predicted octanol–water partition coefficient (Wildman–Crippen LogP) is 6.03. The molecule has 2 heterocycles. The standard InChI is InChI=1S/C23H20F2N4O3S3/c24-15-5-8-17(18(25)10-15)20-11-34-23(28-20)27-19(21-12-33-22(26-21)14-3-4-14)9-13-1-6-16(7-2-13)29-35(30,31)32/h1-2,5-8,10-12,14,19,29H,3-4,9H2,(H,27,28)(H,30,31,32). The van der Waals surface area contributed by atoms with Crippen LogP contribution < -0.4 is 10.0 Å². The fourth-order valence-corrected chi connectivity index (χ4v) is 5.85. The molecule has 0 spiro atoms. The van der Waals surface area contributed by atoms with Crippen LogP contribution >= 0.6 is 22.7 Å². The highest BCUT2D eigenvalue weighted by Gasteiger charge is 2.28. The molecule has 0 aliphatic heterocycles. The molecule has 1 saturated carbocycles. The number of nitrogens with zero attached hydrogens (tertiary/aromatic N) is 2. The first-order chi connectivity index (χ1) is 16.7. The van der Waals surface area contributed by atoms with Gasteiger partial charge in [-0.1, -0.05) is 12.1 Å². The molecule has 0 saturated heterocycles. The molecule has 4 aromatic rings. The van der Waals surface area contributed by atoms with E-state index < -0.39 is 21.9 Å². The fourth-order valence-electron chi connectivity index (χ4n) is 3.61. The van der Waals surface area contributed by atoms with Gasteiger partial charge >= 0.3 is 10.3 Å². The van der Waals surface area contributed by atoms with E-state index in [0.29, 0.717) is 23.2 Å². The maximum Gasteiger partial charge on any atom is 0.357 e. The molecule has 12 heteroatoms. The number of rotatable bonds is 9. The maximum absolute atomic E-state index is 14.2. The molecule has 1 fully saturated rings. The summed E-state index contributed by atoms with van der Waals surface area (Å²) >= 11 is 2.94. The summed E-state index contributed by atoms with van der Waals surface area (Å²) in [5, 5.41) is 8.80. The van der Waals surface area contributed by atoms with Gasteiger partial charge in [0.1, 0.15) is 11.6 Å². The third-order valence-corrected chi connectivity index (χ3v) is 7.77. The number of halogens is 2. The van der Waals surface area contributed by atoms with Gasteiger partial charge < -0.3 is 5.32 Å². The van der Waals surface area contributed by atoms with Crippen molar-refractivity contribution in [3.8, 4) is 11.3 Å². The highest BCUT2D eigenvalue weighted by Crippen LogP contribution is 2.42. The number of thiazole rings is 2. The number of hydrogen-bond acceptors (Lipinski definition) is 7. The highest BCUT2D eigenvalue weighted by molar-refractivity contribution is 7.87. The van der Waals surface area contributed by atoms with Crippen molar-refractivity contribution in [1.29, 1.82) is 0 Å². The SMILES string of the molecule is O=S(=O)(O)Nc1ccc(CC(Nc2nc(-c3ccc(F)cc3F)cs2)c2csc(C3CC3)n2)cc1. The Kier molecular flexibility index (Phi) is 6.53. The zero-order valence-corrected chi connectivity index (χ0v) is 20.6. The Balaban J connectivity index is 1.38. The second-order valence-electron chi connectivity index (χ2n) is 8.22. The van der Waals surface area contributed by atoms with Crippen LogP contribution in [0.3, 0.4) is 0 Å². The molecule has 1 unspecified atom stereocenters. The van der Waals surface area contributed by atoms with Crippen LogP contribution in [0.2, 0.25) is 0 Å². The van der Waals surface area contributed by atoms with Crippen LogP contribution in [0.1, 0.15) is 41.1 Å². The molecule has 0 radical (unpaired) electrons. The molecule has 1 aliphatic rings. The van der Waals surface area contributed by atoms with Crippen LogP contribution in [0.5, 0.6) is 0 Å². The quantitative estimate of drug-likeness (QED) is 0.227. The summed E-state index contributed by atoms with van der Waals surface area (Å²) in [6, 6.07) is 9.81. The van der Waals surface area contributed by atoms with Crippen molar-refractivity contribution < 1.29 is 21.8 Å². The van der Waals surface area contributed by atoms with Gasteiger partial charge in [-0.25, -0.2) is 18.7 Å². The zero-order chi connectivity index (χ0) is 24.6. The number of anilines is 2. The molecule has 5 rings (SSSR count). The smallest absolute Gasteiger partial charge is 0.353 e. The highest BCUT2D eigenvalue weighted by atomic mass is 32.2. The van der Waals surface area contributed by atoms with Gasteiger partial charge in [0.2, 0.25) is 0 Å². The lowest BCUT2D eigenvalue weighted by Crippen LogP contribution is -2.14. The summed E-state index contributed by atoms with van der Waals surface area (Å²) in [5.74, 6) is -0.800. The second-order valence-corrected chi connectivity index (χ2v) is 11.1. The minimum Gasteiger partial charge on any atom is -0.353 e. The molecular formula is C23H20F2N4O3S3. The van der Waals surface area contributed by atoms with Gasteiger partial charge in [-0.2, -0.15) is 8.42 Å². The number of aromatic nitrogens is 2. The molecule has 1 atom stereocenters. The second kappa shape index (κ2) is 9.61. The molecule has 0 bridgehead atoms. The number of hydrogen-bond donors (Lipinski definition) is 3. The van der Waals surface area contributed by atoms with Crippen molar-refractivity contribution in [3.63, 3.8) is 0 Å². The van der Waals surface area contributed by atoms with Crippen LogP contribution in [0.15, 0.2) is 53.2 Å². The maximum atomic E-state index is 14.2. The van der Waals surface area contributed by atoms with Crippen molar-refractivity contribution in [3.05, 3.63) is 81.1 Å². The number of nitrogens with one attached hydrogen (secondary N) is 2. The summed E-state index contributed by atoms with van der Waals surface area (Å²) < 4.78 is 60.6. The van der Waals surface area contributed by atoms with Crippen molar-refractivity contribution in [2.24, 2.45) is 0 Å². The molecule has 182 valence electrons. The largest absolute Gasteiger partial charge is 0.357 e. The van der Waals surface area contributed by atoms with E-state index in [2.05, 4.69) is 10.3 Å². The summed E-state index contributed by atoms with van der Waals surface area (Å²) in [6.45, 7) is 0. The molecule has 0 amide bonds. The Morgan fingerprint density at radius 1 is 1.06 bits per heavy atom. The summed E-state index contributed by atoms with van der Waals surface area (Å²) in [7, 11) is -4.35. The van der Waals surface area contributed by atoms with E-state index in [1.807, 2.05) is 10.1 Å². The van der Waals surface area contributed by atoms with E-state index in [4.69, 9.17) is 9.54 Å². The van der Waals surface area contributed by atoms with Crippen LogP contribution in [-0.4, -0.2) is 22.9 Å². The average Bonchev–Trinajstić information content (AvgIpc) is 3.34. The fraction of sp³-hybridized carbons (Fsp3) is 0.217. The molecule has 3 N–H and O–H groups in total. The Bertz CT molecular complexity index is 1450. The first kappa shape index (κ1) is 23.8. The van der Waals surface area contributed by atoms with Gasteiger partial charge in [0.15, 0.2) is 5.13 Å². The Labute approximate surface area is 208 Å². The summed E-state index contributed by atoms with van der Waals surface area (Å²) in [4.78, 5) is 9.33. The molecule has 35 heavy (non-hydrogen) atoms. The molecule has 1 aliphatic carbocycles. The lowest BCUT2D eigenvalue weighted by molar-refractivity contribution is 0.489. The van der Waals surface area contributed by atoms with E-state index in [9.17, 15) is 17.2 Å². The van der Waals surface area contributed by atoms with Crippen molar-refractivity contribution in [2.45, 2.75) is 31.2 Å². The summed E-state index contributed by atoms with van der Waals surface area (Å²) in [5.41, 5.74) is 2.65. The predicted molar refractivity (Wildman–Crippen MR) is 133 cm³/mol. The molecular weight excluding hydrogens is 514 g/mol. The van der Waals surface area contributed by atoms with Crippen LogP contribution in [0, 0.1) is 11.6 Å². The normalized spacial score (nSPS) is 14.6. The topological polar surface area (TPSA) is 104 Å². The van der Waals surface area contributed by atoms with E-state index in [-0.39, 0.29) is 17.3 Å². The van der Waals surface area contributed by atoms with Gasteiger partial charge in [0.25, 0.3) is 0 Å². The first-order valence-corrected chi connectivity index (χ1v) is 13.9. The van der Waals surface area contributed by atoms with Crippen LogP contribution in [0.4, 0.5) is 19.6 Å². The third-order valence-electron chi connectivity index (χ3n) is 5.47. The van der Waals surface area contributed by atoms with Gasteiger partial charge in [0, 0.05) is 28.3 Å². The van der Waals surface area contributed by atoms with Gasteiger partial charge in [-0.05, 0) is 49.1 Å². The lowest BCUT2D eigenvalue weighted by atomic mass is 10.0. The van der Waals surface area contributed by atoms with Gasteiger partial charge in [-0.3, -0.25) is 9.27 Å². The lowest BCUT2D eigenvalue weighted by Gasteiger charge is -2.17. The van der Waals surface area contributed by atoms with E-state index in [1.54, 1.807) is 41.0 Å². The Hall–Kier alpha value is -2.93. The average molecular weight is 535 g/mol. The van der Waals surface area contributed by atoms with Gasteiger partial charge in [-0.15, -0.1) is 22.7 Å². The molecule has 2 aromatic carbocycles. The van der Waals surface area contributed by atoms with Crippen molar-refractivity contribution in [1.82, 2.24) is 9.97 Å². The zero-order valence-electron chi connectivity index (χ0n) is 18.1. The van der Waals surface area contributed by atoms with E-state index >= 15 is 0 Å². The first-order valence-electron chi connectivity index (χ1n) is 10.7. The minimum absolute atomic E-state index is 0.221. The third kappa shape index (κ3) is 6.01. The van der Waals surface area contributed by atoms with Crippen molar-refractivity contribution in [2.75, 3.05) is 10.0 Å². The number of benzene rings is 2. The Morgan fingerprint density at radius 3 is 2.51 bits per heavy atom. The minimum atomic E-state index is -4.35. The monoisotopic (exact) mass is 534 g/mol. The van der Waals surface area contributed by atoms with Crippen LogP contribution in [-0.2, 0) is 16.7 Å². The summed E-state index contributed by atoms with van der Waals surface area (Å²) in [6.07, 6.45) is 2.82. The van der Waals surface area contributed by atoms with Gasteiger partial charge in [0.05, 0.1) is 28.1 Å². The molecule has 2 aromatic heterocycles. The van der Waals surface area contributed by atoms with Crippen molar-refractivity contribution >= 4 is 43.8 Å². The molecule has 7 nitrogen and oxygen atoms in total. The van der Waals surface area contributed by atoms with E-state index in [1.165, 1.54) is 23.5 Å². The Morgan fingerprint density at radius 2 is 1.83 bits per heavy atom. The van der Waals surface area contributed by atoms with E-state index in [0.717, 1.165) is 35.2 Å². The van der Waals surface area contributed by atoms with Crippen LogP contribution in [0.25, 0.3) is 11.3 Å².